The Morgan fingerprint density at radius 2 is 1.71 bits per heavy atom. The molecule has 2 aromatic carbocycles. The summed E-state index contributed by atoms with van der Waals surface area (Å²) in [4.78, 5) is 35.5. The minimum Gasteiger partial charge on any atom is -0.456 e. The number of nitrogens with one attached hydrogen (secondary N) is 2. The molecule has 0 fully saturated rings. The number of carbonyl (C=O) groups excluding carboxylic acids is 3. The van der Waals surface area contributed by atoms with E-state index in [-0.39, 0.29) is 25.4 Å². The predicted octanol–water partition coefficient (Wildman–Crippen LogP) is 4.70. The molecule has 2 N–H and O–H groups in total. The Morgan fingerprint density at radius 1 is 1.00 bits per heavy atom. The largest absolute Gasteiger partial charge is 0.456 e. The molecule has 0 saturated carbocycles. The van der Waals surface area contributed by atoms with Crippen LogP contribution >= 0.6 is 27.5 Å². The quantitative estimate of drug-likeness (QED) is 0.551. The molecule has 6 nitrogen and oxygen atoms in total. The monoisotopic (exact) mass is 466 g/mol. The number of anilines is 2. The van der Waals surface area contributed by atoms with Gasteiger partial charge in [0.15, 0.2) is 6.61 Å². The Bertz CT molecular complexity index is 856. The van der Waals surface area contributed by atoms with Gasteiger partial charge in [0.25, 0.3) is 5.91 Å². The van der Waals surface area contributed by atoms with Crippen LogP contribution in [0.1, 0.15) is 24.8 Å². The third-order valence-corrected chi connectivity index (χ3v) is 4.48. The van der Waals surface area contributed by atoms with Gasteiger partial charge in [0.05, 0.1) is 0 Å². The van der Waals surface area contributed by atoms with Crippen LogP contribution in [0.5, 0.6) is 0 Å². The van der Waals surface area contributed by atoms with E-state index < -0.39 is 11.9 Å². The van der Waals surface area contributed by atoms with Gasteiger partial charge in [0, 0.05) is 33.7 Å². The molecular formula is C20H20BrClN2O4. The second-order valence-corrected chi connectivity index (χ2v) is 7.43. The fourth-order valence-electron chi connectivity index (χ4n) is 2.32. The topological polar surface area (TPSA) is 84.5 Å². The molecule has 0 saturated heterocycles. The summed E-state index contributed by atoms with van der Waals surface area (Å²) < 4.78 is 5.86. The molecule has 148 valence electrons. The van der Waals surface area contributed by atoms with Crippen molar-refractivity contribution in [3.05, 3.63) is 57.5 Å². The van der Waals surface area contributed by atoms with Crippen molar-refractivity contribution in [1.29, 1.82) is 0 Å². The molecule has 0 aromatic heterocycles. The van der Waals surface area contributed by atoms with Crippen LogP contribution < -0.4 is 10.6 Å². The number of rotatable bonds is 8. The molecule has 0 aliphatic heterocycles. The Hall–Kier alpha value is -2.38. The lowest BCUT2D eigenvalue weighted by Crippen LogP contribution is -2.21. The molecule has 0 heterocycles. The maximum absolute atomic E-state index is 11.9. The number of benzene rings is 2. The molecule has 0 atom stereocenters. The van der Waals surface area contributed by atoms with Crippen LogP contribution in [0.3, 0.4) is 0 Å². The lowest BCUT2D eigenvalue weighted by molar-refractivity contribution is -0.147. The third-order valence-electron chi connectivity index (χ3n) is 3.74. The molecule has 2 rings (SSSR count). The summed E-state index contributed by atoms with van der Waals surface area (Å²) >= 11 is 9.14. The smallest absolute Gasteiger partial charge is 0.306 e. The first-order valence-electron chi connectivity index (χ1n) is 8.60. The number of carbonyl (C=O) groups is 3. The third kappa shape index (κ3) is 7.70. The first-order valence-corrected chi connectivity index (χ1v) is 9.77. The lowest BCUT2D eigenvalue weighted by atomic mass is 10.2. The van der Waals surface area contributed by atoms with Crippen LogP contribution in [0.4, 0.5) is 11.4 Å². The number of halogens is 2. The van der Waals surface area contributed by atoms with E-state index in [4.69, 9.17) is 16.3 Å². The zero-order chi connectivity index (χ0) is 20.5. The van der Waals surface area contributed by atoms with E-state index in [2.05, 4.69) is 26.6 Å². The Kier molecular flexibility index (Phi) is 8.47. The van der Waals surface area contributed by atoms with E-state index in [0.717, 1.165) is 10.0 Å². The maximum Gasteiger partial charge on any atom is 0.306 e. The van der Waals surface area contributed by atoms with Gasteiger partial charge in [-0.2, -0.15) is 0 Å². The van der Waals surface area contributed by atoms with Gasteiger partial charge >= 0.3 is 5.97 Å². The van der Waals surface area contributed by atoms with Crippen molar-refractivity contribution in [2.75, 3.05) is 17.2 Å². The van der Waals surface area contributed by atoms with Crippen molar-refractivity contribution in [1.82, 2.24) is 0 Å². The average molecular weight is 468 g/mol. The van der Waals surface area contributed by atoms with Crippen LogP contribution in [0.15, 0.2) is 46.9 Å². The van der Waals surface area contributed by atoms with Crippen molar-refractivity contribution in [3.8, 4) is 0 Å². The van der Waals surface area contributed by atoms with Crippen molar-refractivity contribution in [2.24, 2.45) is 0 Å². The normalized spacial score (nSPS) is 10.2. The highest BCUT2D eigenvalue weighted by atomic mass is 79.9. The standard InChI is InChI=1S/C20H20BrClN2O4/c1-13-11-14(21)5-10-17(13)24-19(26)12-28-20(27)4-2-3-18(25)23-16-8-6-15(22)7-9-16/h5-11H,2-4,12H2,1H3,(H,23,25)(H,24,26). The van der Waals surface area contributed by atoms with Crippen molar-refractivity contribution < 1.29 is 19.1 Å². The van der Waals surface area contributed by atoms with Gasteiger partial charge in [0.2, 0.25) is 5.91 Å². The van der Waals surface area contributed by atoms with Crippen molar-refractivity contribution in [2.45, 2.75) is 26.2 Å². The zero-order valence-corrected chi connectivity index (χ0v) is 17.6. The van der Waals surface area contributed by atoms with Gasteiger partial charge in [-0.25, -0.2) is 0 Å². The van der Waals surface area contributed by atoms with Gasteiger partial charge < -0.3 is 15.4 Å². The number of esters is 1. The fraction of sp³-hybridized carbons (Fsp3) is 0.250. The molecule has 28 heavy (non-hydrogen) atoms. The summed E-state index contributed by atoms with van der Waals surface area (Å²) in [7, 11) is 0. The highest BCUT2D eigenvalue weighted by molar-refractivity contribution is 9.10. The summed E-state index contributed by atoms with van der Waals surface area (Å²) in [5.41, 5.74) is 2.18. The summed E-state index contributed by atoms with van der Waals surface area (Å²) in [6.07, 6.45) is 0.548. The predicted molar refractivity (Wildman–Crippen MR) is 112 cm³/mol. The number of hydrogen-bond donors (Lipinski definition) is 2. The molecule has 8 heteroatoms. The van der Waals surface area contributed by atoms with Gasteiger partial charge in [-0.15, -0.1) is 0 Å². The molecule has 2 amide bonds. The molecule has 0 aliphatic rings. The van der Waals surface area contributed by atoms with E-state index >= 15 is 0 Å². The summed E-state index contributed by atoms with van der Waals surface area (Å²) in [5, 5.41) is 5.98. The molecule has 0 spiro atoms. The van der Waals surface area contributed by atoms with E-state index in [1.807, 2.05) is 19.1 Å². The second-order valence-electron chi connectivity index (χ2n) is 6.08. The van der Waals surface area contributed by atoms with Crippen LogP contribution in [-0.2, 0) is 19.1 Å². The Balaban J connectivity index is 1.64. The summed E-state index contributed by atoms with van der Waals surface area (Å²) in [5.74, 6) is -1.15. The highest BCUT2D eigenvalue weighted by Crippen LogP contribution is 2.20. The minimum absolute atomic E-state index is 0.0542. The van der Waals surface area contributed by atoms with Gasteiger partial charge in [0.1, 0.15) is 0 Å². The van der Waals surface area contributed by atoms with Gasteiger partial charge in [-0.3, -0.25) is 14.4 Å². The molecule has 0 bridgehead atoms. The Labute approximate surface area is 176 Å². The van der Waals surface area contributed by atoms with Crippen LogP contribution in [0.25, 0.3) is 0 Å². The number of aryl methyl sites for hydroxylation is 1. The average Bonchev–Trinajstić information content (AvgIpc) is 2.64. The van der Waals surface area contributed by atoms with Crippen molar-refractivity contribution in [3.63, 3.8) is 0 Å². The summed E-state index contributed by atoms with van der Waals surface area (Å²) in [6.45, 7) is 1.49. The van der Waals surface area contributed by atoms with Gasteiger partial charge in [-0.05, 0) is 61.4 Å². The first kappa shape index (κ1) is 21.9. The molecule has 0 aliphatic carbocycles. The number of ether oxygens (including phenoxy) is 1. The molecular weight excluding hydrogens is 448 g/mol. The second kappa shape index (κ2) is 10.8. The van der Waals surface area contributed by atoms with E-state index in [1.54, 1.807) is 30.3 Å². The van der Waals surface area contributed by atoms with Crippen LogP contribution in [0.2, 0.25) is 5.02 Å². The molecule has 2 aromatic rings. The van der Waals surface area contributed by atoms with E-state index in [1.165, 1.54) is 0 Å². The van der Waals surface area contributed by atoms with Gasteiger partial charge in [-0.1, -0.05) is 27.5 Å². The van der Waals surface area contributed by atoms with Crippen LogP contribution in [0, 0.1) is 6.92 Å². The van der Waals surface area contributed by atoms with Crippen molar-refractivity contribution >= 4 is 56.7 Å². The first-order chi connectivity index (χ1) is 13.3. The fourth-order valence-corrected chi connectivity index (χ4v) is 2.92. The molecule has 0 radical (unpaired) electrons. The summed E-state index contributed by atoms with van der Waals surface area (Å²) in [6, 6.07) is 12.2. The van der Waals surface area contributed by atoms with E-state index in [9.17, 15) is 14.4 Å². The van der Waals surface area contributed by atoms with Crippen LogP contribution in [-0.4, -0.2) is 24.4 Å². The zero-order valence-electron chi connectivity index (χ0n) is 15.3. The Morgan fingerprint density at radius 3 is 2.39 bits per heavy atom. The lowest BCUT2D eigenvalue weighted by Gasteiger charge is -2.09. The maximum atomic E-state index is 11.9. The van der Waals surface area contributed by atoms with E-state index in [0.29, 0.717) is 22.8 Å². The number of amides is 2. The highest BCUT2D eigenvalue weighted by Gasteiger charge is 2.10. The minimum atomic E-state index is -0.526. The SMILES string of the molecule is Cc1cc(Br)ccc1NC(=O)COC(=O)CCCC(=O)Nc1ccc(Cl)cc1. The number of hydrogen-bond acceptors (Lipinski definition) is 4. The molecule has 0 unspecified atom stereocenters.